The van der Waals surface area contributed by atoms with Gasteiger partial charge in [-0.15, -0.1) is 0 Å². The summed E-state index contributed by atoms with van der Waals surface area (Å²) in [6.45, 7) is 15.8. The molecule has 0 radical (unpaired) electrons. The molecule has 0 saturated carbocycles. The van der Waals surface area contributed by atoms with Crippen molar-refractivity contribution in [3.8, 4) is 0 Å². The number of hydrogen-bond donors (Lipinski definition) is 3. The number of nitrogens with zero attached hydrogens (tertiary/aromatic N) is 2. The molecule has 1 saturated heterocycles. The Kier molecular flexibility index (Phi) is 7.74. The van der Waals surface area contributed by atoms with Crippen LogP contribution in [0.4, 0.5) is 4.79 Å². The number of hydrogen-bond acceptors (Lipinski definition) is 6. The van der Waals surface area contributed by atoms with E-state index >= 15 is 0 Å². The van der Waals surface area contributed by atoms with Crippen molar-refractivity contribution in [1.82, 2.24) is 20.7 Å². The fourth-order valence-corrected chi connectivity index (χ4v) is 4.33. The number of aliphatic hydroxyl groups is 1. The molecule has 3 N–H and O–H groups in total. The van der Waals surface area contributed by atoms with Gasteiger partial charge in [0.05, 0.1) is 19.1 Å². The summed E-state index contributed by atoms with van der Waals surface area (Å²) in [5.74, 6) is -0.800. The Morgan fingerprint density at radius 3 is 2.25 bits per heavy atom. The van der Waals surface area contributed by atoms with Crippen molar-refractivity contribution in [2.75, 3.05) is 13.1 Å². The van der Waals surface area contributed by atoms with Crippen LogP contribution in [0.15, 0.2) is 35.7 Å². The van der Waals surface area contributed by atoms with Gasteiger partial charge in [-0.3, -0.25) is 14.9 Å². The third kappa shape index (κ3) is 6.19. The Morgan fingerprint density at radius 2 is 1.72 bits per heavy atom. The van der Waals surface area contributed by atoms with Gasteiger partial charge in [0.25, 0.3) is 11.8 Å². The molecule has 2 atom stereocenters. The Hall–Kier alpha value is -3.07. The molecule has 2 aliphatic heterocycles. The van der Waals surface area contributed by atoms with Crippen LogP contribution in [-0.4, -0.2) is 63.8 Å². The summed E-state index contributed by atoms with van der Waals surface area (Å²) >= 11 is 0. The molecule has 9 heteroatoms. The molecular weight excluding hydrogens is 460 g/mol. The minimum Gasteiger partial charge on any atom is -0.509 e. The van der Waals surface area contributed by atoms with Gasteiger partial charge in [-0.1, -0.05) is 46.8 Å². The summed E-state index contributed by atoms with van der Waals surface area (Å²) < 4.78 is 5.53. The zero-order chi connectivity index (χ0) is 27.0. The van der Waals surface area contributed by atoms with E-state index in [0.717, 1.165) is 5.56 Å². The predicted molar refractivity (Wildman–Crippen MR) is 137 cm³/mol. The van der Waals surface area contributed by atoms with E-state index in [1.807, 2.05) is 26.0 Å². The SMILES string of the molecule is CC(C)C[C@H](NC(=O)c1ccc(C(C)(C)C)cc1)C(=O)N1C2=C(O)CN[C@@H]2CN1C(=O)OC(C)(C)C. The number of rotatable bonds is 5. The van der Waals surface area contributed by atoms with E-state index in [4.69, 9.17) is 4.74 Å². The summed E-state index contributed by atoms with van der Waals surface area (Å²) in [7, 11) is 0. The lowest BCUT2D eigenvalue weighted by Crippen LogP contribution is -2.54. The van der Waals surface area contributed by atoms with Gasteiger partial charge in [-0.2, -0.15) is 0 Å². The second-order valence-electron chi connectivity index (χ2n) is 12.0. The Labute approximate surface area is 213 Å². The highest BCUT2D eigenvalue weighted by atomic mass is 16.6. The van der Waals surface area contributed by atoms with Crippen LogP contribution >= 0.6 is 0 Å². The van der Waals surface area contributed by atoms with Gasteiger partial charge in [0.1, 0.15) is 23.1 Å². The quantitative estimate of drug-likeness (QED) is 0.566. The predicted octanol–water partition coefficient (Wildman–Crippen LogP) is 3.86. The molecule has 0 spiro atoms. The first kappa shape index (κ1) is 27.5. The highest BCUT2D eigenvalue weighted by Gasteiger charge is 2.48. The number of aliphatic hydroxyl groups excluding tert-OH is 1. The lowest BCUT2D eigenvalue weighted by molar-refractivity contribution is -0.142. The molecule has 0 aliphatic carbocycles. The highest BCUT2D eigenvalue weighted by molar-refractivity contribution is 5.98. The first-order chi connectivity index (χ1) is 16.6. The van der Waals surface area contributed by atoms with Crippen molar-refractivity contribution >= 4 is 17.9 Å². The number of benzene rings is 1. The summed E-state index contributed by atoms with van der Waals surface area (Å²) in [6.07, 6.45) is -0.338. The molecule has 0 bridgehead atoms. The molecule has 2 aliphatic rings. The number of amides is 3. The van der Waals surface area contributed by atoms with Crippen molar-refractivity contribution in [1.29, 1.82) is 0 Å². The van der Waals surface area contributed by atoms with Gasteiger partial charge >= 0.3 is 6.09 Å². The number of ether oxygens (including phenoxy) is 1. The van der Waals surface area contributed by atoms with E-state index in [0.29, 0.717) is 17.7 Å². The Morgan fingerprint density at radius 1 is 1.11 bits per heavy atom. The second-order valence-corrected chi connectivity index (χ2v) is 12.0. The highest BCUT2D eigenvalue weighted by Crippen LogP contribution is 2.31. The van der Waals surface area contributed by atoms with Crippen LogP contribution in [0.5, 0.6) is 0 Å². The fourth-order valence-electron chi connectivity index (χ4n) is 4.33. The molecular formula is C27H40N4O5. The van der Waals surface area contributed by atoms with Crippen LogP contribution in [-0.2, 0) is 14.9 Å². The number of carbonyl (C=O) groups excluding carboxylic acids is 3. The van der Waals surface area contributed by atoms with Crippen LogP contribution < -0.4 is 10.6 Å². The van der Waals surface area contributed by atoms with Crippen LogP contribution in [0.3, 0.4) is 0 Å². The number of nitrogens with one attached hydrogen (secondary N) is 2. The lowest BCUT2D eigenvalue weighted by atomic mass is 9.86. The Balaban J connectivity index is 1.89. The molecule has 3 amide bonds. The zero-order valence-corrected chi connectivity index (χ0v) is 22.6. The summed E-state index contributed by atoms with van der Waals surface area (Å²) in [5, 5.41) is 18.9. The molecule has 198 valence electrons. The van der Waals surface area contributed by atoms with Gasteiger partial charge in [0.15, 0.2) is 0 Å². The molecule has 1 fully saturated rings. The standard InChI is InChI=1S/C27H40N4O5/c1-16(2)13-19(29-23(33)17-9-11-18(12-10-17)26(3,4)5)24(34)31-22-20(28-14-21(22)32)15-30(31)25(35)36-27(6,7)8/h9-12,16,19-20,28,32H,13-15H2,1-8H3,(H,29,33)/t19-,20+/m0/s1. The van der Waals surface area contributed by atoms with E-state index in [1.54, 1.807) is 32.9 Å². The maximum atomic E-state index is 13.9. The summed E-state index contributed by atoms with van der Waals surface area (Å²) in [5.41, 5.74) is 1.05. The van der Waals surface area contributed by atoms with Crippen molar-refractivity contribution in [2.24, 2.45) is 5.92 Å². The molecule has 36 heavy (non-hydrogen) atoms. The Bertz CT molecular complexity index is 1030. The molecule has 2 heterocycles. The van der Waals surface area contributed by atoms with Crippen molar-refractivity contribution in [3.05, 3.63) is 46.8 Å². The van der Waals surface area contributed by atoms with Gasteiger partial charge in [-0.25, -0.2) is 14.8 Å². The number of fused-ring (bicyclic) bond motifs is 1. The van der Waals surface area contributed by atoms with Gasteiger partial charge < -0.3 is 15.2 Å². The van der Waals surface area contributed by atoms with Gasteiger partial charge in [0.2, 0.25) is 0 Å². The van der Waals surface area contributed by atoms with Crippen molar-refractivity contribution in [3.63, 3.8) is 0 Å². The van der Waals surface area contributed by atoms with Crippen LogP contribution in [0.25, 0.3) is 0 Å². The van der Waals surface area contributed by atoms with Gasteiger partial charge in [0, 0.05) is 5.56 Å². The van der Waals surface area contributed by atoms with E-state index in [2.05, 4.69) is 31.4 Å². The monoisotopic (exact) mass is 500 g/mol. The largest absolute Gasteiger partial charge is 0.509 e. The van der Waals surface area contributed by atoms with Crippen molar-refractivity contribution in [2.45, 2.75) is 84.9 Å². The number of hydrazine groups is 1. The lowest BCUT2D eigenvalue weighted by Gasteiger charge is -2.33. The maximum Gasteiger partial charge on any atom is 0.429 e. The zero-order valence-electron chi connectivity index (χ0n) is 22.6. The van der Waals surface area contributed by atoms with Crippen LogP contribution in [0.1, 0.15) is 77.7 Å². The van der Waals surface area contributed by atoms with Crippen LogP contribution in [0.2, 0.25) is 0 Å². The molecule has 1 aromatic carbocycles. The molecule has 0 aromatic heterocycles. The topological polar surface area (TPSA) is 111 Å². The maximum absolute atomic E-state index is 13.9. The average Bonchev–Trinajstić information content (AvgIpc) is 3.30. The third-order valence-corrected chi connectivity index (χ3v) is 6.10. The van der Waals surface area contributed by atoms with E-state index < -0.39 is 29.7 Å². The summed E-state index contributed by atoms with van der Waals surface area (Å²) in [6, 6.07) is 6.01. The average molecular weight is 501 g/mol. The number of carbonyl (C=O) groups is 3. The van der Waals surface area contributed by atoms with E-state index in [9.17, 15) is 19.5 Å². The van der Waals surface area contributed by atoms with E-state index in [-0.39, 0.29) is 36.1 Å². The normalized spacial score (nSPS) is 19.0. The molecule has 1 aromatic rings. The minimum absolute atomic E-state index is 0.00759. The van der Waals surface area contributed by atoms with E-state index in [1.165, 1.54) is 10.0 Å². The molecule has 0 unspecified atom stereocenters. The fraction of sp³-hybridized carbons (Fsp3) is 0.593. The third-order valence-electron chi connectivity index (χ3n) is 6.10. The minimum atomic E-state index is -0.913. The van der Waals surface area contributed by atoms with Gasteiger partial charge in [-0.05, 0) is 56.2 Å². The van der Waals surface area contributed by atoms with Crippen LogP contribution in [0, 0.1) is 5.92 Å². The smallest absolute Gasteiger partial charge is 0.429 e. The molecule has 3 rings (SSSR count). The second kappa shape index (κ2) is 10.1. The molecule has 9 nitrogen and oxygen atoms in total. The first-order valence-electron chi connectivity index (χ1n) is 12.5. The van der Waals surface area contributed by atoms with Crippen molar-refractivity contribution < 1.29 is 24.2 Å². The first-order valence-corrected chi connectivity index (χ1v) is 12.5. The summed E-state index contributed by atoms with van der Waals surface area (Å²) in [4.78, 5) is 40.0.